The first-order valence-corrected chi connectivity index (χ1v) is 5.09. The van der Waals surface area contributed by atoms with E-state index >= 15 is 0 Å². The molecule has 0 aliphatic carbocycles. The van der Waals surface area contributed by atoms with E-state index in [-0.39, 0.29) is 13.2 Å². The lowest BCUT2D eigenvalue weighted by Gasteiger charge is -2.03. The second-order valence-electron chi connectivity index (χ2n) is 2.95. The fourth-order valence-electron chi connectivity index (χ4n) is 0.786. The molecule has 0 aliphatic rings. The highest BCUT2D eigenvalue weighted by atomic mass is 16.6. The second-order valence-corrected chi connectivity index (χ2v) is 2.95. The number of carbonyl (C=O) groups excluding carboxylic acids is 2. The standard InChI is InChI=1S/C10H18O5/c1-3-5-13-7-9(11)15-10(12)8-14-6-4-2/h3-8H2,1-2H3. The van der Waals surface area contributed by atoms with Crippen LogP contribution in [-0.2, 0) is 23.8 Å². The molecule has 5 heteroatoms. The SMILES string of the molecule is CCCOCC(=O)OC(=O)COCCC. The van der Waals surface area contributed by atoms with Gasteiger partial charge in [-0.15, -0.1) is 0 Å². The van der Waals surface area contributed by atoms with Gasteiger partial charge < -0.3 is 14.2 Å². The summed E-state index contributed by atoms with van der Waals surface area (Å²) in [7, 11) is 0. The monoisotopic (exact) mass is 218 g/mol. The third-order valence-corrected chi connectivity index (χ3v) is 1.36. The fourth-order valence-corrected chi connectivity index (χ4v) is 0.786. The van der Waals surface area contributed by atoms with Crippen molar-refractivity contribution in [1.29, 1.82) is 0 Å². The van der Waals surface area contributed by atoms with Crippen LogP contribution < -0.4 is 0 Å². The van der Waals surface area contributed by atoms with Gasteiger partial charge >= 0.3 is 11.9 Å². The van der Waals surface area contributed by atoms with Gasteiger partial charge in [-0.1, -0.05) is 13.8 Å². The van der Waals surface area contributed by atoms with Crippen LogP contribution in [0, 0.1) is 0 Å². The number of hydrogen-bond donors (Lipinski definition) is 0. The quantitative estimate of drug-likeness (QED) is 0.344. The van der Waals surface area contributed by atoms with Crippen molar-refractivity contribution in [3.8, 4) is 0 Å². The number of carbonyl (C=O) groups is 2. The first-order valence-electron chi connectivity index (χ1n) is 5.09. The minimum absolute atomic E-state index is 0.187. The molecule has 0 amide bonds. The van der Waals surface area contributed by atoms with Gasteiger partial charge in [0.25, 0.3) is 0 Å². The summed E-state index contributed by atoms with van der Waals surface area (Å²) in [6, 6.07) is 0. The Labute approximate surface area is 89.7 Å². The zero-order valence-corrected chi connectivity index (χ0v) is 9.28. The number of ether oxygens (including phenoxy) is 3. The molecule has 15 heavy (non-hydrogen) atoms. The van der Waals surface area contributed by atoms with Crippen LogP contribution in [0.2, 0.25) is 0 Å². The molecule has 0 aliphatic heterocycles. The van der Waals surface area contributed by atoms with Gasteiger partial charge in [0, 0.05) is 13.2 Å². The van der Waals surface area contributed by atoms with E-state index in [1.165, 1.54) is 0 Å². The molecule has 0 saturated carbocycles. The predicted octanol–water partition coefficient (Wildman–Crippen LogP) is 0.909. The molecule has 0 aromatic carbocycles. The Morgan fingerprint density at radius 2 is 1.27 bits per heavy atom. The summed E-state index contributed by atoms with van der Waals surface area (Å²) in [5.74, 6) is -1.35. The van der Waals surface area contributed by atoms with E-state index in [1.807, 2.05) is 13.8 Å². The largest absolute Gasteiger partial charge is 0.390 e. The predicted molar refractivity (Wildman–Crippen MR) is 53.3 cm³/mol. The number of hydrogen-bond acceptors (Lipinski definition) is 5. The van der Waals surface area contributed by atoms with Crippen LogP contribution >= 0.6 is 0 Å². The molecule has 88 valence electrons. The van der Waals surface area contributed by atoms with Gasteiger partial charge in [-0.3, -0.25) is 0 Å². The lowest BCUT2D eigenvalue weighted by atomic mass is 10.5. The molecular weight excluding hydrogens is 200 g/mol. The Bertz CT molecular complexity index is 170. The molecule has 0 aromatic heterocycles. The van der Waals surface area contributed by atoms with E-state index in [0.717, 1.165) is 12.8 Å². The maximum absolute atomic E-state index is 10.9. The maximum atomic E-state index is 10.9. The molecule has 5 nitrogen and oxygen atoms in total. The van der Waals surface area contributed by atoms with Crippen molar-refractivity contribution >= 4 is 11.9 Å². The third kappa shape index (κ3) is 9.37. The van der Waals surface area contributed by atoms with E-state index in [0.29, 0.717) is 13.2 Å². The highest BCUT2D eigenvalue weighted by Crippen LogP contribution is 1.88. The molecule has 0 fully saturated rings. The molecule has 0 unspecified atom stereocenters. The van der Waals surface area contributed by atoms with Crippen LogP contribution in [-0.4, -0.2) is 38.4 Å². The van der Waals surface area contributed by atoms with Crippen LogP contribution in [0.15, 0.2) is 0 Å². The summed E-state index contributed by atoms with van der Waals surface area (Å²) < 4.78 is 14.2. The topological polar surface area (TPSA) is 61.8 Å². The summed E-state index contributed by atoms with van der Waals surface area (Å²) in [6.07, 6.45) is 1.64. The Kier molecular flexibility index (Phi) is 9.01. The van der Waals surface area contributed by atoms with Crippen molar-refractivity contribution < 1.29 is 23.8 Å². The molecule has 0 aromatic rings. The molecule has 0 bridgehead atoms. The van der Waals surface area contributed by atoms with Crippen LogP contribution in [0.25, 0.3) is 0 Å². The molecule has 0 rings (SSSR count). The van der Waals surface area contributed by atoms with Crippen molar-refractivity contribution in [3.05, 3.63) is 0 Å². The van der Waals surface area contributed by atoms with Crippen molar-refractivity contribution in [2.45, 2.75) is 26.7 Å². The fraction of sp³-hybridized carbons (Fsp3) is 0.800. The Morgan fingerprint density at radius 3 is 1.60 bits per heavy atom. The lowest BCUT2D eigenvalue weighted by molar-refractivity contribution is -0.165. The Balaban J connectivity index is 3.45. The van der Waals surface area contributed by atoms with Crippen LogP contribution in [0.4, 0.5) is 0 Å². The zero-order valence-electron chi connectivity index (χ0n) is 9.28. The van der Waals surface area contributed by atoms with Crippen LogP contribution in [0.5, 0.6) is 0 Å². The summed E-state index contributed by atoms with van der Waals surface area (Å²) in [5, 5.41) is 0. The van der Waals surface area contributed by atoms with Crippen molar-refractivity contribution in [2.24, 2.45) is 0 Å². The molecule has 0 radical (unpaired) electrons. The maximum Gasteiger partial charge on any atom is 0.339 e. The van der Waals surface area contributed by atoms with E-state index in [1.54, 1.807) is 0 Å². The average molecular weight is 218 g/mol. The minimum atomic E-state index is -0.673. The van der Waals surface area contributed by atoms with Gasteiger partial charge in [0.2, 0.25) is 0 Å². The highest BCUT2D eigenvalue weighted by Gasteiger charge is 2.09. The van der Waals surface area contributed by atoms with E-state index < -0.39 is 11.9 Å². The number of esters is 2. The van der Waals surface area contributed by atoms with Gasteiger partial charge in [-0.05, 0) is 12.8 Å². The first kappa shape index (κ1) is 14.1. The van der Waals surface area contributed by atoms with Crippen molar-refractivity contribution in [3.63, 3.8) is 0 Å². The Hall–Kier alpha value is -0.940. The molecule has 0 heterocycles. The molecule has 0 saturated heterocycles. The smallest absolute Gasteiger partial charge is 0.339 e. The lowest BCUT2D eigenvalue weighted by Crippen LogP contribution is -2.21. The number of rotatable bonds is 8. The van der Waals surface area contributed by atoms with Crippen molar-refractivity contribution in [1.82, 2.24) is 0 Å². The van der Waals surface area contributed by atoms with Crippen LogP contribution in [0.1, 0.15) is 26.7 Å². The molecule has 0 atom stereocenters. The van der Waals surface area contributed by atoms with Gasteiger partial charge in [-0.25, -0.2) is 9.59 Å². The van der Waals surface area contributed by atoms with Gasteiger partial charge in [0.15, 0.2) is 0 Å². The summed E-state index contributed by atoms with van der Waals surface area (Å²) in [4.78, 5) is 21.9. The molecule has 0 spiro atoms. The highest BCUT2D eigenvalue weighted by molar-refractivity contribution is 5.86. The normalized spacial score (nSPS) is 10.0. The zero-order chi connectivity index (χ0) is 11.5. The minimum Gasteiger partial charge on any atom is -0.390 e. The van der Waals surface area contributed by atoms with Gasteiger partial charge in [-0.2, -0.15) is 0 Å². The van der Waals surface area contributed by atoms with Gasteiger partial charge in [0.05, 0.1) is 0 Å². The average Bonchev–Trinajstić information content (AvgIpc) is 2.18. The van der Waals surface area contributed by atoms with Crippen molar-refractivity contribution in [2.75, 3.05) is 26.4 Å². The van der Waals surface area contributed by atoms with E-state index in [4.69, 9.17) is 9.47 Å². The third-order valence-electron chi connectivity index (χ3n) is 1.36. The summed E-state index contributed by atoms with van der Waals surface area (Å²) >= 11 is 0. The molecule has 0 N–H and O–H groups in total. The molecular formula is C10H18O5. The van der Waals surface area contributed by atoms with Gasteiger partial charge in [0.1, 0.15) is 13.2 Å². The van der Waals surface area contributed by atoms with E-state index in [9.17, 15) is 9.59 Å². The first-order chi connectivity index (χ1) is 7.20. The Morgan fingerprint density at radius 1 is 0.867 bits per heavy atom. The van der Waals surface area contributed by atoms with E-state index in [2.05, 4.69) is 4.74 Å². The summed E-state index contributed by atoms with van der Waals surface area (Å²) in [5.41, 5.74) is 0. The summed E-state index contributed by atoms with van der Waals surface area (Å²) in [6.45, 7) is 4.44. The second kappa shape index (κ2) is 9.61. The van der Waals surface area contributed by atoms with Crippen LogP contribution in [0.3, 0.4) is 0 Å².